The smallest absolute Gasteiger partial charge is 0.255 e. The zero-order valence-corrected chi connectivity index (χ0v) is 22.4. The van der Waals surface area contributed by atoms with Crippen LogP contribution in [-0.2, 0) is 20.8 Å². The molecule has 5 atom stereocenters. The summed E-state index contributed by atoms with van der Waals surface area (Å²) in [4.78, 5) is 43.9. The molecule has 0 radical (unpaired) electrons. The third kappa shape index (κ3) is 3.41. The summed E-state index contributed by atoms with van der Waals surface area (Å²) in [7, 11) is 3.63. The fraction of sp³-hybridized carbons (Fsp3) is 0.483. The number of hydrogen-bond donors (Lipinski definition) is 5. The van der Waals surface area contributed by atoms with Gasteiger partial charge in [-0.05, 0) is 76.0 Å². The van der Waals surface area contributed by atoms with Crippen LogP contribution in [0.15, 0.2) is 41.7 Å². The van der Waals surface area contributed by atoms with Crippen LogP contribution >= 0.6 is 0 Å². The van der Waals surface area contributed by atoms with E-state index in [1.54, 1.807) is 24.9 Å². The van der Waals surface area contributed by atoms with Gasteiger partial charge in [0.05, 0.1) is 17.0 Å². The first kappa shape index (κ1) is 27.1. The van der Waals surface area contributed by atoms with Crippen LogP contribution in [0.3, 0.4) is 0 Å². The first-order valence-corrected chi connectivity index (χ1v) is 13.2. The summed E-state index contributed by atoms with van der Waals surface area (Å²) in [5.41, 5.74) is 1.54. The van der Waals surface area contributed by atoms with Crippen molar-refractivity contribution < 1.29 is 34.8 Å². The van der Waals surface area contributed by atoms with Crippen LogP contribution in [-0.4, -0.2) is 86.5 Å². The number of aromatic hydroxyl groups is 1. The fourth-order valence-electron chi connectivity index (χ4n) is 7.45. The van der Waals surface area contributed by atoms with Crippen molar-refractivity contribution in [3.63, 3.8) is 0 Å². The molecule has 1 saturated carbocycles. The number of carbonyl (C=O) groups excluding carboxylic acids is 3. The number of amides is 1. The molecule has 0 spiro atoms. The van der Waals surface area contributed by atoms with E-state index in [-0.39, 0.29) is 35.8 Å². The molecule has 208 valence electrons. The number of aliphatic hydroxyl groups excluding tert-OH is 2. The number of primary amides is 1. The number of fused-ring (bicyclic) bond motifs is 3. The maximum atomic E-state index is 14.2. The van der Waals surface area contributed by atoms with E-state index in [1.165, 1.54) is 6.08 Å². The molecule has 39 heavy (non-hydrogen) atoms. The van der Waals surface area contributed by atoms with Crippen LogP contribution in [0.4, 0.5) is 0 Å². The van der Waals surface area contributed by atoms with E-state index in [1.807, 2.05) is 13.1 Å². The molecule has 10 heteroatoms. The Labute approximate surface area is 226 Å². The number of likely N-dealkylation sites (N-methyl/N-ethyl adjacent to an activating group) is 1. The minimum atomic E-state index is -2.79. The fourth-order valence-corrected chi connectivity index (χ4v) is 7.45. The molecule has 2 fully saturated rings. The van der Waals surface area contributed by atoms with Gasteiger partial charge in [-0.2, -0.15) is 0 Å². The predicted molar refractivity (Wildman–Crippen MR) is 143 cm³/mol. The number of phenols is 1. The Hall–Kier alpha value is -3.47. The largest absolute Gasteiger partial charge is 0.508 e. The lowest BCUT2D eigenvalue weighted by Crippen LogP contribution is -2.72. The maximum Gasteiger partial charge on any atom is 0.255 e. The zero-order chi connectivity index (χ0) is 28.6. The number of phenolic OH excluding ortho intramolecular Hbond substituents is 1. The van der Waals surface area contributed by atoms with E-state index < -0.39 is 57.5 Å². The molecule has 6 N–H and O–H groups in total. The third-order valence-electron chi connectivity index (χ3n) is 9.44. The molecule has 5 rings (SSSR count). The van der Waals surface area contributed by atoms with E-state index in [4.69, 9.17) is 5.73 Å². The number of likely N-dealkylation sites (tertiary alicyclic amines) is 1. The van der Waals surface area contributed by atoms with Gasteiger partial charge < -0.3 is 26.2 Å². The van der Waals surface area contributed by atoms with Crippen molar-refractivity contribution in [1.29, 1.82) is 0 Å². The number of aliphatic hydroxyl groups is 3. The number of carbonyl (C=O) groups is 3. The Kier molecular flexibility index (Phi) is 6.28. The molecule has 3 aliphatic carbocycles. The highest BCUT2D eigenvalue weighted by molar-refractivity contribution is 6.25. The molecule has 1 saturated heterocycles. The highest BCUT2D eigenvalue weighted by atomic mass is 16.3. The van der Waals surface area contributed by atoms with Gasteiger partial charge in [0, 0.05) is 11.6 Å². The van der Waals surface area contributed by atoms with E-state index in [9.17, 15) is 34.8 Å². The van der Waals surface area contributed by atoms with E-state index in [0.717, 1.165) is 24.9 Å². The Morgan fingerprint density at radius 2 is 1.97 bits per heavy atom. The Balaban J connectivity index is 1.74. The Bertz CT molecular complexity index is 1380. The highest BCUT2D eigenvalue weighted by Gasteiger charge is 2.71. The SMILES string of the molecule is C=C[C@@]12C[C@@H]3Cc4cc(C5CCCN5C)cc(O)c4C(O)=C3C(=O)[C@]1(O)C(O)=C(C(N)=O)C(=O)[C@H]2N(C)CC. The number of ketones is 2. The van der Waals surface area contributed by atoms with Crippen molar-refractivity contribution in [2.45, 2.75) is 50.3 Å². The minimum Gasteiger partial charge on any atom is -0.508 e. The van der Waals surface area contributed by atoms with Gasteiger partial charge in [0.15, 0.2) is 11.4 Å². The summed E-state index contributed by atoms with van der Waals surface area (Å²) in [6, 6.07) is 2.40. The van der Waals surface area contributed by atoms with Gasteiger partial charge in [-0.3, -0.25) is 24.2 Å². The third-order valence-corrected chi connectivity index (χ3v) is 9.44. The molecular formula is C29H35N3O7. The van der Waals surface area contributed by atoms with Crippen LogP contribution in [0.25, 0.3) is 5.76 Å². The second kappa shape index (κ2) is 9.04. The lowest BCUT2D eigenvalue weighted by molar-refractivity contribution is -0.166. The number of Topliss-reactive ketones (excluding diaryl/α,β-unsaturated/α-hetero) is 2. The molecule has 1 aromatic rings. The van der Waals surface area contributed by atoms with Crippen molar-refractivity contribution in [1.82, 2.24) is 9.80 Å². The average Bonchev–Trinajstić information content (AvgIpc) is 3.31. The summed E-state index contributed by atoms with van der Waals surface area (Å²) >= 11 is 0. The van der Waals surface area contributed by atoms with Gasteiger partial charge in [-0.1, -0.05) is 19.1 Å². The summed E-state index contributed by atoms with van der Waals surface area (Å²) in [6.07, 6.45) is 3.46. The van der Waals surface area contributed by atoms with Crippen molar-refractivity contribution in [2.75, 3.05) is 27.2 Å². The Morgan fingerprint density at radius 3 is 2.54 bits per heavy atom. The molecule has 4 aliphatic rings. The lowest BCUT2D eigenvalue weighted by atomic mass is 9.49. The van der Waals surface area contributed by atoms with Crippen molar-refractivity contribution in [3.8, 4) is 5.75 Å². The Morgan fingerprint density at radius 1 is 1.28 bits per heavy atom. The predicted octanol–water partition coefficient (Wildman–Crippen LogP) is 1.68. The number of nitrogens with zero attached hydrogens (tertiary/aromatic N) is 2. The molecule has 1 amide bonds. The second-order valence-corrected chi connectivity index (χ2v) is 11.3. The summed E-state index contributed by atoms with van der Waals surface area (Å²) < 4.78 is 0. The van der Waals surface area contributed by atoms with Gasteiger partial charge in [0.25, 0.3) is 5.91 Å². The number of nitrogens with two attached hydrogens (primary N) is 1. The van der Waals surface area contributed by atoms with Crippen LogP contribution < -0.4 is 5.73 Å². The molecule has 1 aromatic carbocycles. The second-order valence-electron chi connectivity index (χ2n) is 11.3. The standard InChI is InChI=1S/C29H35N3O7/c1-5-28-13-16-11-15-10-14(17-8-7-9-32(17)4)12-18(33)19(15)22(34)20(16)25(36)29(28,39)26(37)21(27(30)38)23(35)24(28)31(3)6-2/h5,10,12,16-17,24,33-34,37,39H,1,6-9,11,13H2,2-4H3,(H2,30,38)/t16-,17?,24+,28-,29-/m0/s1. The number of benzene rings is 1. The van der Waals surface area contributed by atoms with Crippen LogP contribution in [0, 0.1) is 11.3 Å². The van der Waals surface area contributed by atoms with Gasteiger partial charge in [-0.15, -0.1) is 6.58 Å². The molecule has 0 aromatic heterocycles. The maximum absolute atomic E-state index is 14.2. The molecule has 1 unspecified atom stereocenters. The highest BCUT2D eigenvalue weighted by Crippen LogP contribution is 2.59. The average molecular weight is 538 g/mol. The topological polar surface area (TPSA) is 165 Å². The van der Waals surface area contributed by atoms with E-state index >= 15 is 0 Å². The quantitative estimate of drug-likeness (QED) is 0.278. The minimum absolute atomic E-state index is 0.0389. The van der Waals surface area contributed by atoms with Gasteiger partial charge in [-0.25, -0.2) is 0 Å². The lowest BCUT2D eigenvalue weighted by Gasteiger charge is -2.57. The number of rotatable bonds is 5. The molecule has 1 aliphatic heterocycles. The van der Waals surface area contributed by atoms with Crippen LogP contribution in [0.5, 0.6) is 5.75 Å². The number of hydrogen-bond acceptors (Lipinski definition) is 9. The van der Waals surface area contributed by atoms with Crippen molar-refractivity contribution in [2.24, 2.45) is 17.1 Å². The van der Waals surface area contributed by atoms with Crippen LogP contribution in [0.2, 0.25) is 0 Å². The molecule has 0 bridgehead atoms. The first-order valence-electron chi connectivity index (χ1n) is 13.2. The molecular weight excluding hydrogens is 502 g/mol. The van der Waals surface area contributed by atoms with Crippen molar-refractivity contribution >= 4 is 23.2 Å². The molecule has 10 nitrogen and oxygen atoms in total. The van der Waals surface area contributed by atoms with Crippen LogP contribution in [0.1, 0.15) is 48.9 Å². The van der Waals surface area contributed by atoms with Gasteiger partial charge in [0.1, 0.15) is 22.8 Å². The summed E-state index contributed by atoms with van der Waals surface area (Å²) in [6.45, 7) is 6.89. The van der Waals surface area contributed by atoms with E-state index in [2.05, 4.69) is 11.5 Å². The first-order chi connectivity index (χ1) is 18.3. The zero-order valence-electron chi connectivity index (χ0n) is 22.4. The summed E-state index contributed by atoms with van der Waals surface area (Å²) in [5.74, 6) is -5.62. The van der Waals surface area contributed by atoms with Gasteiger partial charge in [0.2, 0.25) is 5.78 Å². The normalized spacial score (nSPS) is 32.8. The van der Waals surface area contributed by atoms with Gasteiger partial charge >= 0.3 is 0 Å². The summed E-state index contributed by atoms with van der Waals surface area (Å²) in [5, 5.41) is 45.7. The monoisotopic (exact) mass is 537 g/mol. The molecule has 1 heterocycles. The van der Waals surface area contributed by atoms with E-state index in [0.29, 0.717) is 12.1 Å². The van der Waals surface area contributed by atoms with Crippen molar-refractivity contribution in [3.05, 3.63) is 58.4 Å².